The smallest absolute Gasteiger partial charge is 0.255 e. The summed E-state index contributed by atoms with van der Waals surface area (Å²) < 4.78 is 0.776. The van der Waals surface area contributed by atoms with Crippen molar-refractivity contribution in [2.75, 3.05) is 11.9 Å². The van der Waals surface area contributed by atoms with E-state index in [1.165, 1.54) is 17.8 Å². The Morgan fingerprint density at radius 3 is 2.47 bits per heavy atom. The molecule has 6 nitrogen and oxygen atoms in total. The number of aromatic nitrogens is 2. The normalized spacial score (nSPS) is 14.2. The summed E-state index contributed by atoms with van der Waals surface area (Å²) in [7, 11) is 0. The topological polar surface area (TPSA) is 75.2 Å². The molecule has 166 valence electrons. The lowest BCUT2D eigenvalue weighted by molar-refractivity contribution is -0.116. The second-order valence-electron chi connectivity index (χ2n) is 7.85. The van der Waals surface area contributed by atoms with Gasteiger partial charge in [0.2, 0.25) is 11.0 Å². The number of benzene rings is 2. The van der Waals surface area contributed by atoms with Crippen molar-refractivity contribution in [2.45, 2.75) is 44.6 Å². The van der Waals surface area contributed by atoms with Gasteiger partial charge < -0.3 is 10.2 Å². The summed E-state index contributed by atoms with van der Waals surface area (Å²) in [5.41, 5.74) is 1.60. The average molecular weight is 513 g/mol. The first-order chi connectivity index (χ1) is 15.6. The summed E-state index contributed by atoms with van der Waals surface area (Å²) >= 11 is 4.84. The summed E-state index contributed by atoms with van der Waals surface area (Å²) in [6, 6.07) is 17.4. The zero-order chi connectivity index (χ0) is 22.3. The average Bonchev–Trinajstić information content (AvgIpc) is 3.29. The molecule has 0 unspecified atom stereocenters. The Morgan fingerprint density at radius 2 is 1.72 bits per heavy atom. The van der Waals surface area contributed by atoms with Crippen LogP contribution in [0.1, 0.15) is 48.9 Å². The monoisotopic (exact) mass is 512 g/mol. The van der Waals surface area contributed by atoms with E-state index in [2.05, 4.69) is 31.4 Å². The van der Waals surface area contributed by atoms with Crippen molar-refractivity contribution in [1.82, 2.24) is 15.1 Å². The van der Waals surface area contributed by atoms with Crippen LogP contribution in [0.15, 0.2) is 59.1 Å². The van der Waals surface area contributed by atoms with Gasteiger partial charge in [0.25, 0.3) is 5.91 Å². The highest BCUT2D eigenvalue weighted by Gasteiger charge is 2.27. The van der Waals surface area contributed by atoms with Crippen molar-refractivity contribution in [3.8, 4) is 10.6 Å². The number of rotatable bonds is 7. The van der Waals surface area contributed by atoms with Gasteiger partial charge in [-0.15, -0.1) is 10.2 Å². The fraction of sp³-hybridized carbons (Fsp3) is 0.333. The number of carbonyl (C=O) groups excluding carboxylic acids is 2. The van der Waals surface area contributed by atoms with Gasteiger partial charge in [0, 0.05) is 29.0 Å². The third kappa shape index (κ3) is 5.61. The van der Waals surface area contributed by atoms with Crippen LogP contribution < -0.4 is 5.32 Å². The number of halogens is 1. The highest BCUT2D eigenvalue weighted by molar-refractivity contribution is 9.10. The number of amides is 2. The van der Waals surface area contributed by atoms with Gasteiger partial charge in [-0.25, -0.2) is 0 Å². The Balaban J connectivity index is 1.41. The van der Waals surface area contributed by atoms with Gasteiger partial charge in [0.05, 0.1) is 5.56 Å². The Hall–Kier alpha value is -2.58. The van der Waals surface area contributed by atoms with E-state index in [4.69, 9.17) is 0 Å². The third-order valence-corrected chi connectivity index (χ3v) is 7.23. The molecule has 2 amide bonds. The molecule has 1 heterocycles. The van der Waals surface area contributed by atoms with Gasteiger partial charge in [-0.05, 0) is 40.9 Å². The van der Waals surface area contributed by atoms with Gasteiger partial charge in [-0.3, -0.25) is 9.59 Å². The molecule has 32 heavy (non-hydrogen) atoms. The highest BCUT2D eigenvalue weighted by Crippen LogP contribution is 2.28. The van der Waals surface area contributed by atoms with Crippen LogP contribution in [0, 0.1) is 0 Å². The molecule has 0 bridgehead atoms. The van der Waals surface area contributed by atoms with Crippen LogP contribution in [-0.2, 0) is 4.79 Å². The maximum Gasteiger partial charge on any atom is 0.255 e. The Kier molecular flexibility index (Phi) is 7.65. The maximum absolute atomic E-state index is 13.3. The van der Waals surface area contributed by atoms with Crippen molar-refractivity contribution < 1.29 is 9.59 Å². The Morgan fingerprint density at radius 1 is 1.00 bits per heavy atom. The van der Waals surface area contributed by atoms with Crippen LogP contribution in [0.4, 0.5) is 5.13 Å². The van der Waals surface area contributed by atoms with E-state index in [0.717, 1.165) is 40.7 Å². The second-order valence-corrected chi connectivity index (χ2v) is 9.68. The van der Waals surface area contributed by atoms with Crippen LogP contribution in [0.25, 0.3) is 10.6 Å². The fourth-order valence-electron chi connectivity index (χ4n) is 4.01. The SMILES string of the molecule is O=C(CCN(C(=O)c1ccccc1Br)C1CCCCC1)Nc1nnc(-c2ccccc2)s1. The molecule has 0 atom stereocenters. The van der Waals surface area contributed by atoms with Crippen LogP contribution in [0.3, 0.4) is 0 Å². The van der Waals surface area contributed by atoms with Gasteiger partial charge in [-0.2, -0.15) is 0 Å². The van der Waals surface area contributed by atoms with Crippen molar-refractivity contribution in [3.63, 3.8) is 0 Å². The van der Waals surface area contributed by atoms with Crippen LogP contribution in [0.2, 0.25) is 0 Å². The number of nitrogens with one attached hydrogen (secondary N) is 1. The predicted octanol–water partition coefficient (Wildman–Crippen LogP) is 5.77. The maximum atomic E-state index is 13.3. The minimum atomic E-state index is -0.165. The second kappa shape index (κ2) is 10.8. The van der Waals surface area contributed by atoms with E-state index >= 15 is 0 Å². The van der Waals surface area contributed by atoms with Crippen LogP contribution in [0.5, 0.6) is 0 Å². The van der Waals surface area contributed by atoms with Crippen molar-refractivity contribution >= 4 is 44.2 Å². The van der Waals surface area contributed by atoms with Crippen LogP contribution in [-0.4, -0.2) is 39.5 Å². The molecule has 1 aliphatic carbocycles. The van der Waals surface area contributed by atoms with Crippen LogP contribution >= 0.6 is 27.3 Å². The lowest BCUT2D eigenvalue weighted by Gasteiger charge is -2.34. The van der Waals surface area contributed by atoms with E-state index in [-0.39, 0.29) is 24.3 Å². The first kappa shape index (κ1) is 22.6. The Labute approximate surface area is 200 Å². The molecular formula is C24H25BrN4O2S. The van der Waals surface area contributed by atoms with E-state index < -0.39 is 0 Å². The molecule has 0 spiro atoms. The first-order valence-corrected chi connectivity index (χ1v) is 12.5. The largest absolute Gasteiger partial charge is 0.335 e. The van der Waals surface area contributed by atoms with Gasteiger partial charge in [-0.1, -0.05) is 73.1 Å². The third-order valence-electron chi connectivity index (χ3n) is 5.65. The molecule has 2 aromatic carbocycles. The zero-order valence-corrected chi connectivity index (χ0v) is 20.1. The number of hydrogen-bond acceptors (Lipinski definition) is 5. The zero-order valence-electron chi connectivity index (χ0n) is 17.7. The molecule has 0 radical (unpaired) electrons. The summed E-state index contributed by atoms with van der Waals surface area (Å²) in [5, 5.41) is 12.3. The van der Waals surface area contributed by atoms with Gasteiger partial charge >= 0.3 is 0 Å². The molecule has 1 fully saturated rings. The van der Waals surface area contributed by atoms with E-state index in [1.54, 1.807) is 0 Å². The van der Waals surface area contributed by atoms with Gasteiger partial charge in [0.15, 0.2) is 0 Å². The quantitative estimate of drug-likeness (QED) is 0.435. The highest BCUT2D eigenvalue weighted by atomic mass is 79.9. The predicted molar refractivity (Wildman–Crippen MR) is 131 cm³/mol. The number of hydrogen-bond donors (Lipinski definition) is 1. The minimum absolute atomic E-state index is 0.0283. The molecule has 4 rings (SSSR count). The number of carbonyl (C=O) groups is 2. The van der Waals surface area contributed by atoms with E-state index in [9.17, 15) is 9.59 Å². The molecule has 0 saturated heterocycles. The summed E-state index contributed by atoms with van der Waals surface area (Å²) in [5.74, 6) is -0.194. The number of nitrogens with zero attached hydrogens (tertiary/aromatic N) is 3. The molecule has 1 saturated carbocycles. The lowest BCUT2D eigenvalue weighted by atomic mass is 9.93. The summed E-state index contributed by atoms with van der Waals surface area (Å²) in [6.07, 6.45) is 5.61. The van der Waals surface area contributed by atoms with Crippen molar-refractivity contribution in [3.05, 3.63) is 64.6 Å². The van der Waals surface area contributed by atoms with E-state index in [0.29, 0.717) is 17.2 Å². The summed E-state index contributed by atoms with van der Waals surface area (Å²) in [6.45, 7) is 0.376. The van der Waals surface area contributed by atoms with Crippen molar-refractivity contribution in [1.29, 1.82) is 0 Å². The Bertz CT molecular complexity index is 1070. The standard InChI is InChI=1S/C24H25BrN4O2S/c25-20-14-8-7-13-19(20)23(31)29(18-11-5-2-6-12-18)16-15-21(30)26-24-28-27-22(32-24)17-9-3-1-4-10-17/h1,3-4,7-10,13-14,18H,2,5-6,11-12,15-16H2,(H,26,28,30). The molecular weight excluding hydrogens is 488 g/mol. The fourth-order valence-corrected chi connectivity index (χ4v) is 5.23. The van der Waals surface area contributed by atoms with Crippen molar-refractivity contribution in [2.24, 2.45) is 0 Å². The van der Waals surface area contributed by atoms with E-state index in [1.807, 2.05) is 59.5 Å². The molecule has 1 N–H and O–H groups in total. The van der Waals surface area contributed by atoms with Gasteiger partial charge in [0.1, 0.15) is 5.01 Å². The first-order valence-electron chi connectivity index (χ1n) is 10.9. The summed E-state index contributed by atoms with van der Waals surface area (Å²) in [4.78, 5) is 27.9. The molecule has 8 heteroatoms. The molecule has 1 aliphatic rings. The minimum Gasteiger partial charge on any atom is -0.335 e. The molecule has 1 aromatic heterocycles. The molecule has 0 aliphatic heterocycles. The number of anilines is 1. The molecule has 3 aromatic rings. The lowest BCUT2D eigenvalue weighted by Crippen LogP contribution is -2.43.